The van der Waals surface area contributed by atoms with Gasteiger partial charge in [0, 0.05) is 25.2 Å². The zero-order chi connectivity index (χ0) is 14.5. The highest BCUT2D eigenvalue weighted by molar-refractivity contribution is 5.78. The molecule has 0 saturated carbocycles. The Morgan fingerprint density at radius 2 is 1.95 bits per heavy atom. The van der Waals surface area contributed by atoms with Crippen LogP contribution in [0.25, 0.3) is 0 Å². The molecule has 2 rings (SSSR count). The Morgan fingerprint density at radius 1 is 1.35 bits per heavy atom. The minimum absolute atomic E-state index is 0.0490. The number of carbonyl (C=O) groups is 1. The summed E-state index contributed by atoms with van der Waals surface area (Å²) in [5.74, 6) is 0.0609. The van der Waals surface area contributed by atoms with Crippen LogP contribution >= 0.6 is 0 Å². The van der Waals surface area contributed by atoms with E-state index >= 15 is 0 Å². The largest absolute Gasteiger partial charge is 0.342 e. The predicted octanol–water partition coefficient (Wildman–Crippen LogP) is 1.35. The summed E-state index contributed by atoms with van der Waals surface area (Å²) in [6.45, 7) is 1.89. The Labute approximate surface area is 117 Å². The molecule has 20 heavy (non-hydrogen) atoms. The molecular formula is C14H19N3O3. The average molecular weight is 277 g/mol. The number of carbonyl (C=O) groups excluding carboxylic acids is 1. The molecule has 0 spiro atoms. The van der Waals surface area contributed by atoms with Gasteiger partial charge in [-0.3, -0.25) is 14.9 Å². The molecule has 0 aliphatic carbocycles. The van der Waals surface area contributed by atoms with Crippen LogP contribution in [0, 0.1) is 10.1 Å². The van der Waals surface area contributed by atoms with Crippen LogP contribution in [0.1, 0.15) is 18.4 Å². The Morgan fingerprint density at radius 3 is 2.50 bits per heavy atom. The van der Waals surface area contributed by atoms with E-state index in [1.165, 1.54) is 12.1 Å². The summed E-state index contributed by atoms with van der Waals surface area (Å²) in [5.41, 5.74) is 0.856. The van der Waals surface area contributed by atoms with Crippen molar-refractivity contribution in [3.8, 4) is 0 Å². The maximum absolute atomic E-state index is 12.2. The minimum Gasteiger partial charge on any atom is -0.342 e. The first-order valence-electron chi connectivity index (χ1n) is 6.77. The Bertz CT molecular complexity index is 481. The molecule has 1 saturated heterocycles. The molecule has 6 nitrogen and oxygen atoms in total. The number of hydrogen-bond acceptors (Lipinski definition) is 4. The fraction of sp³-hybridized carbons (Fsp3) is 0.500. The molecule has 1 fully saturated rings. The van der Waals surface area contributed by atoms with Crippen molar-refractivity contribution in [3.05, 3.63) is 39.9 Å². The van der Waals surface area contributed by atoms with Crippen LogP contribution in [0.5, 0.6) is 0 Å². The summed E-state index contributed by atoms with van der Waals surface area (Å²) in [5, 5.41) is 13.8. The van der Waals surface area contributed by atoms with Crippen LogP contribution in [0.4, 0.5) is 5.69 Å². The van der Waals surface area contributed by atoms with Gasteiger partial charge in [-0.05, 0) is 31.5 Å². The van der Waals surface area contributed by atoms with E-state index in [2.05, 4.69) is 5.32 Å². The van der Waals surface area contributed by atoms with Crippen molar-refractivity contribution in [2.75, 3.05) is 20.1 Å². The number of piperidine rings is 1. The summed E-state index contributed by atoms with van der Waals surface area (Å²) >= 11 is 0. The van der Waals surface area contributed by atoms with Crippen molar-refractivity contribution < 1.29 is 9.72 Å². The molecular weight excluding hydrogens is 258 g/mol. The molecule has 1 aliphatic heterocycles. The van der Waals surface area contributed by atoms with E-state index in [1.54, 1.807) is 12.1 Å². The van der Waals surface area contributed by atoms with E-state index in [9.17, 15) is 14.9 Å². The molecule has 1 heterocycles. The summed E-state index contributed by atoms with van der Waals surface area (Å²) in [4.78, 5) is 24.1. The minimum atomic E-state index is -0.438. The van der Waals surface area contributed by atoms with Crippen molar-refractivity contribution in [1.29, 1.82) is 0 Å². The van der Waals surface area contributed by atoms with Gasteiger partial charge in [0.15, 0.2) is 0 Å². The zero-order valence-electron chi connectivity index (χ0n) is 11.5. The summed E-state index contributed by atoms with van der Waals surface area (Å²) in [6.07, 6.45) is 2.24. The van der Waals surface area contributed by atoms with E-state index < -0.39 is 4.92 Å². The number of likely N-dealkylation sites (N-methyl/N-ethyl adjacent to an activating group) is 1. The lowest BCUT2D eigenvalue weighted by atomic mass is 10.0. The summed E-state index contributed by atoms with van der Waals surface area (Å²) < 4.78 is 0. The zero-order valence-corrected chi connectivity index (χ0v) is 11.5. The van der Waals surface area contributed by atoms with E-state index in [-0.39, 0.29) is 11.6 Å². The van der Waals surface area contributed by atoms with Crippen molar-refractivity contribution in [1.82, 2.24) is 10.2 Å². The molecule has 1 N–H and O–H groups in total. The lowest BCUT2D eigenvalue weighted by Crippen LogP contribution is -2.44. The second kappa shape index (κ2) is 6.47. The van der Waals surface area contributed by atoms with Crippen LogP contribution in [0.3, 0.4) is 0 Å². The normalized spacial score (nSPS) is 15.8. The van der Waals surface area contributed by atoms with E-state index in [0.29, 0.717) is 12.5 Å². The van der Waals surface area contributed by atoms with Crippen molar-refractivity contribution in [3.63, 3.8) is 0 Å². The van der Waals surface area contributed by atoms with Gasteiger partial charge < -0.3 is 10.2 Å². The van der Waals surface area contributed by atoms with Crippen molar-refractivity contribution in [2.24, 2.45) is 0 Å². The standard InChI is InChI=1S/C14H19N3O3/c1-16(12-6-8-15-9-7-12)14(18)10-11-2-4-13(5-3-11)17(19)20/h2-5,12,15H,6-10H2,1H3. The number of nitro benzene ring substituents is 1. The number of rotatable bonds is 4. The highest BCUT2D eigenvalue weighted by Crippen LogP contribution is 2.15. The Hall–Kier alpha value is -1.95. The highest BCUT2D eigenvalue weighted by Gasteiger charge is 2.21. The molecule has 0 atom stereocenters. The maximum Gasteiger partial charge on any atom is 0.269 e. The molecule has 1 aromatic rings. The third-order valence-electron chi connectivity index (χ3n) is 3.75. The number of amides is 1. The fourth-order valence-electron chi connectivity index (χ4n) is 2.43. The van der Waals surface area contributed by atoms with E-state index in [1.807, 2.05) is 11.9 Å². The quantitative estimate of drug-likeness (QED) is 0.666. The van der Waals surface area contributed by atoms with Gasteiger partial charge in [-0.25, -0.2) is 0 Å². The first-order valence-corrected chi connectivity index (χ1v) is 6.77. The van der Waals surface area contributed by atoms with Crippen molar-refractivity contribution in [2.45, 2.75) is 25.3 Å². The number of benzene rings is 1. The molecule has 108 valence electrons. The molecule has 1 amide bonds. The number of hydrogen-bond donors (Lipinski definition) is 1. The second-order valence-corrected chi connectivity index (χ2v) is 5.09. The van der Waals surface area contributed by atoms with Gasteiger partial charge >= 0.3 is 0 Å². The van der Waals surface area contributed by atoms with Crippen LogP contribution in [-0.2, 0) is 11.2 Å². The molecule has 0 unspecified atom stereocenters. The fourth-order valence-corrected chi connectivity index (χ4v) is 2.43. The molecule has 1 aliphatic rings. The van der Waals surface area contributed by atoms with Gasteiger partial charge in [0.05, 0.1) is 11.3 Å². The van der Waals surface area contributed by atoms with Gasteiger partial charge in [-0.15, -0.1) is 0 Å². The molecule has 6 heteroatoms. The third kappa shape index (κ3) is 3.54. The van der Waals surface area contributed by atoms with Gasteiger partial charge in [-0.1, -0.05) is 12.1 Å². The Kier molecular flexibility index (Phi) is 4.68. The van der Waals surface area contributed by atoms with Crippen LogP contribution in [0.15, 0.2) is 24.3 Å². The average Bonchev–Trinajstić information content (AvgIpc) is 2.48. The van der Waals surface area contributed by atoms with Crippen LogP contribution in [0.2, 0.25) is 0 Å². The second-order valence-electron chi connectivity index (χ2n) is 5.09. The lowest BCUT2D eigenvalue weighted by Gasteiger charge is -2.31. The number of nitrogens with one attached hydrogen (secondary N) is 1. The summed E-state index contributed by atoms with van der Waals surface area (Å²) in [6, 6.07) is 6.46. The van der Waals surface area contributed by atoms with Gasteiger partial charge in [0.25, 0.3) is 5.69 Å². The van der Waals surface area contributed by atoms with Gasteiger partial charge in [0.1, 0.15) is 0 Å². The Balaban J connectivity index is 1.94. The first kappa shape index (κ1) is 14.5. The summed E-state index contributed by atoms with van der Waals surface area (Å²) in [7, 11) is 1.84. The predicted molar refractivity (Wildman–Crippen MR) is 75.5 cm³/mol. The number of nitro groups is 1. The van der Waals surface area contributed by atoms with Crippen LogP contribution < -0.4 is 5.32 Å². The lowest BCUT2D eigenvalue weighted by molar-refractivity contribution is -0.384. The maximum atomic E-state index is 12.2. The van der Waals surface area contributed by atoms with Crippen LogP contribution in [-0.4, -0.2) is 41.9 Å². The van der Waals surface area contributed by atoms with Crippen molar-refractivity contribution >= 4 is 11.6 Å². The van der Waals surface area contributed by atoms with E-state index in [4.69, 9.17) is 0 Å². The number of non-ortho nitro benzene ring substituents is 1. The molecule has 0 aromatic heterocycles. The van der Waals surface area contributed by atoms with Gasteiger partial charge in [0.2, 0.25) is 5.91 Å². The highest BCUT2D eigenvalue weighted by atomic mass is 16.6. The third-order valence-corrected chi connectivity index (χ3v) is 3.75. The SMILES string of the molecule is CN(C(=O)Cc1ccc([N+](=O)[O-])cc1)C1CCNCC1. The number of nitrogens with zero attached hydrogens (tertiary/aromatic N) is 2. The molecule has 0 bridgehead atoms. The topological polar surface area (TPSA) is 75.5 Å². The monoisotopic (exact) mass is 277 g/mol. The smallest absolute Gasteiger partial charge is 0.269 e. The molecule has 0 radical (unpaired) electrons. The first-order chi connectivity index (χ1) is 9.58. The van der Waals surface area contributed by atoms with E-state index in [0.717, 1.165) is 31.5 Å². The molecule has 1 aromatic carbocycles. The van der Waals surface area contributed by atoms with Gasteiger partial charge in [-0.2, -0.15) is 0 Å².